The summed E-state index contributed by atoms with van der Waals surface area (Å²) >= 11 is 0. The lowest BCUT2D eigenvalue weighted by Crippen LogP contribution is -2.38. The van der Waals surface area contributed by atoms with E-state index in [0.29, 0.717) is 12.2 Å². The van der Waals surface area contributed by atoms with Gasteiger partial charge in [0.05, 0.1) is 6.61 Å². The highest BCUT2D eigenvalue weighted by atomic mass is 16.7. The normalized spacial score (nSPS) is 10.5. The Balaban J connectivity index is 1.88. The predicted molar refractivity (Wildman–Crippen MR) is 115 cm³/mol. The Morgan fingerprint density at radius 3 is 2.63 bits per heavy atom. The van der Waals surface area contributed by atoms with E-state index in [1.807, 2.05) is 19.1 Å². The van der Waals surface area contributed by atoms with Crippen LogP contribution in [0.15, 0.2) is 35.3 Å². The Bertz CT molecular complexity index is 925. The average molecular weight is 415 g/mol. The van der Waals surface area contributed by atoms with Gasteiger partial charge in [-0.15, -0.1) is 0 Å². The second-order valence-electron chi connectivity index (χ2n) is 6.87. The number of carbonyl (C=O) groups excluding carboxylic acids is 1. The minimum Gasteiger partial charge on any atom is -0.368 e. The number of nitrogens with one attached hydrogen (secondary N) is 3. The number of hydrogen-bond donors (Lipinski definition) is 4. The highest BCUT2D eigenvalue weighted by molar-refractivity contribution is 5.75. The molecule has 0 atom stereocenters. The third-order valence-electron chi connectivity index (χ3n) is 4.43. The molecule has 10 nitrogen and oxygen atoms in total. The molecule has 0 saturated heterocycles. The molecule has 1 aromatic heterocycles. The van der Waals surface area contributed by atoms with Crippen molar-refractivity contribution in [2.45, 2.75) is 26.8 Å². The van der Waals surface area contributed by atoms with Crippen LogP contribution >= 0.6 is 0 Å². The van der Waals surface area contributed by atoms with Crippen molar-refractivity contribution in [2.75, 3.05) is 32.1 Å². The number of guanidine groups is 1. The van der Waals surface area contributed by atoms with Crippen LogP contribution in [0.25, 0.3) is 0 Å². The summed E-state index contributed by atoms with van der Waals surface area (Å²) < 4.78 is 1.37. The Morgan fingerprint density at radius 2 is 1.97 bits per heavy atom. The molecule has 0 radical (unpaired) electrons. The highest BCUT2D eigenvalue weighted by Crippen LogP contribution is 2.05. The largest absolute Gasteiger partial charge is 0.368 e. The van der Waals surface area contributed by atoms with Crippen LogP contribution in [-0.4, -0.2) is 53.2 Å². The molecule has 2 rings (SSSR count). The van der Waals surface area contributed by atoms with Gasteiger partial charge in [-0.1, -0.05) is 29.8 Å². The average Bonchev–Trinajstić information content (AvgIpc) is 2.71. The van der Waals surface area contributed by atoms with E-state index < -0.39 is 0 Å². The number of anilines is 1. The van der Waals surface area contributed by atoms with E-state index >= 15 is 0 Å². The zero-order chi connectivity index (χ0) is 22.1. The van der Waals surface area contributed by atoms with Gasteiger partial charge in [-0.3, -0.25) is 24.4 Å². The van der Waals surface area contributed by atoms with E-state index in [1.54, 1.807) is 13.1 Å². The number of rotatable bonds is 10. The van der Waals surface area contributed by atoms with Crippen molar-refractivity contribution < 1.29 is 9.63 Å². The van der Waals surface area contributed by atoms with E-state index in [4.69, 9.17) is 16.0 Å². The Hall–Kier alpha value is -3.40. The summed E-state index contributed by atoms with van der Waals surface area (Å²) in [6, 6.07) is 8.21. The molecule has 10 heteroatoms. The first kappa shape index (κ1) is 22.9. The molecular formula is C20H29N7O3. The summed E-state index contributed by atoms with van der Waals surface area (Å²) in [6.45, 7) is 4.57. The summed E-state index contributed by atoms with van der Waals surface area (Å²) in [5.41, 5.74) is 7.86. The molecule has 1 amide bonds. The lowest BCUT2D eigenvalue weighted by atomic mass is 10.1. The topological polar surface area (TPSA) is 138 Å². The van der Waals surface area contributed by atoms with Crippen LogP contribution in [0.1, 0.15) is 16.8 Å². The molecule has 2 aromatic rings. The van der Waals surface area contributed by atoms with Crippen LogP contribution in [0.5, 0.6) is 0 Å². The number of benzene rings is 1. The van der Waals surface area contributed by atoms with Crippen LogP contribution in [0.3, 0.4) is 0 Å². The van der Waals surface area contributed by atoms with Crippen molar-refractivity contribution >= 4 is 17.7 Å². The molecule has 1 aromatic carbocycles. The molecular weight excluding hydrogens is 386 g/mol. The summed E-state index contributed by atoms with van der Waals surface area (Å²) in [4.78, 5) is 34.2. The molecule has 30 heavy (non-hydrogen) atoms. The van der Waals surface area contributed by atoms with Gasteiger partial charge in [0.15, 0.2) is 5.82 Å². The minimum absolute atomic E-state index is 0.123. The second kappa shape index (κ2) is 11.0. The van der Waals surface area contributed by atoms with Crippen LogP contribution in [0.2, 0.25) is 0 Å². The van der Waals surface area contributed by atoms with Crippen molar-refractivity contribution in [1.82, 2.24) is 19.9 Å². The zero-order valence-electron chi connectivity index (χ0n) is 17.6. The quantitative estimate of drug-likeness (QED) is 0.190. The number of nitrogens with zero attached hydrogens (tertiary/aromatic N) is 3. The number of aromatic nitrogens is 2. The van der Waals surface area contributed by atoms with E-state index in [1.165, 1.54) is 17.2 Å². The summed E-state index contributed by atoms with van der Waals surface area (Å²) in [6.07, 6.45) is 2.32. The monoisotopic (exact) mass is 415 g/mol. The Kier molecular flexibility index (Phi) is 8.36. The van der Waals surface area contributed by atoms with E-state index in [9.17, 15) is 9.59 Å². The minimum atomic E-state index is -0.346. The number of hydroxylamine groups is 2. The van der Waals surface area contributed by atoms with Gasteiger partial charge in [0, 0.05) is 32.0 Å². The first-order valence-corrected chi connectivity index (χ1v) is 9.61. The lowest BCUT2D eigenvalue weighted by Gasteiger charge is -2.16. The predicted octanol–water partition coefficient (Wildman–Crippen LogP) is 0.388. The van der Waals surface area contributed by atoms with Gasteiger partial charge in [-0.05, 0) is 25.8 Å². The molecule has 0 spiro atoms. The summed E-state index contributed by atoms with van der Waals surface area (Å²) in [7, 11) is 1.50. The molecule has 0 aliphatic heterocycles. The summed E-state index contributed by atoms with van der Waals surface area (Å²) in [5.74, 6) is -0.347. The third kappa shape index (κ3) is 6.89. The van der Waals surface area contributed by atoms with Crippen LogP contribution < -0.4 is 21.9 Å². The van der Waals surface area contributed by atoms with Gasteiger partial charge >= 0.3 is 0 Å². The fraction of sp³-hybridized carbons (Fsp3) is 0.400. The number of amides is 1. The Morgan fingerprint density at radius 1 is 1.27 bits per heavy atom. The molecule has 0 unspecified atom stereocenters. The van der Waals surface area contributed by atoms with Gasteiger partial charge in [-0.25, -0.2) is 10.0 Å². The molecule has 5 N–H and O–H groups in total. The Labute approximate surface area is 175 Å². The number of carbonyl (C=O) groups is 1. The van der Waals surface area contributed by atoms with Crippen molar-refractivity contribution in [2.24, 2.45) is 5.73 Å². The standard InChI is InChI=1S/C20H29N7O3/c1-14-4-6-16(7-5-14)8-9-24-18-19(29)27(15(2)12-25-18)13-17(28)23-10-11-30-26(3)20(21)22/h4-7,12H,8-11,13H2,1-3H3,(H3,21,22)(H,23,28)(H,24,25). The van der Waals surface area contributed by atoms with Gasteiger partial charge in [-0.2, -0.15) is 0 Å². The molecule has 0 saturated carbocycles. The number of hydrogen-bond acceptors (Lipinski definition) is 6. The van der Waals surface area contributed by atoms with Crippen LogP contribution in [-0.2, 0) is 22.6 Å². The van der Waals surface area contributed by atoms with E-state index in [-0.39, 0.29) is 42.9 Å². The van der Waals surface area contributed by atoms with Gasteiger partial charge in [0.25, 0.3) is 5.56 Å². The maximum atomic E-state index is 12.7. The van der Waals surface area contributed by atoms with Gasteiger partial charge in [0.1, 0.15) is 6.54 Å². The number of aryl methyl sites for hydroxylation is 2. The van der Waals surface area contributed by atoms with Gasteiger partial charge in [0.2, 0.25) is 11.9 Å². The molecule has 0 aliphatic rings. The first-order valence-electron chi connectivity index (χ1n) is 9.61. The smallest absolute Gasteiger partial charge is 0.293 e. The fourth-order valence-corrected chi connectivity index (χ4v) is 2.61. The van der Waals surface area contributed by atoms with Crippen molar-refractivity contribution in [3.63, 3.8) is 0 Å². The SMILES string of the molecule is Cc1ccc(CCNc2ncc(C)n(CC(=O)NCCON(C)C(=N)N)c2=O)cc1. The van der Waals surface area contributed by atoms with E-state index in [2.05, 4.69) is 27.8 Å². The van der Waals surface area contributed by atoms with Crippen molar-refractivity contribution in [3.05, 3.63) is 57.6 Å². The molecule has 1 heterocycles. The lowest BCUT2D eigenvalue weighted by molar-refractivity contribution is -0.123. The first-order chi connectivity index (χ1) is 14.3. The molecule has 0 fully saturated rings. The second-order valence-corrected chi connectivity index (χ2v) is 6.87. The highest BCUT2D eigenvalue weighted by Gasteiger charge is 2.11. The maximum Gasteiger partial charge on any atom is 0.293 e. The molecule has 0 bridgehead atoms. The van der Waals surface area contributed by atoms with Crippen LogP contribution in [0.4, 0.5) is 5.82 Å². The summed E-state index contributed by atoms with van der Waals surface area (Å²) in [5, 5.41) is 14.0. The molecule has 162 valence electrons. The van der Waals surface area contributed by atoms with Gasteiger partial charge < -0.3 is 16.4 Å². The number of nitrogens with two attached hydrogens (primary N) is 1. The van der Waals surface area contributed by atoms with Crippen molar-refractivity contribution in [3.8, 4) is 0 Å². The van der Waals surface area contributed by atoms with E-state index in [0.717, 1.165) is 17.0 Å². The fourth-order valence-electron chi connectivity index (χ4n) is 2.61. The maximum absolute atomic E-state index is 12.7. The molecule has 0 aliphatic carbocycles. The third-order valence-corrected chi connectivity index (χ3v) is 4.43. The van der Waals surface area contributed by atoms with Crippen LogP contribution in [0, 0.1) is 19.3 Å². The zero-order valence-corrected chi connectivity index (χ0v) is 17.6. The van der Waals surface area contributed by atoms with Crippen molar-refractivity contribution in [1.29, 1.82) is 5.41 Å².